The summed E-state index contributed by atoms with van der Waals surface area (Å²) in [4.78, 5) is 17.2. The number of hydrogen-bond acceptors (Lipinski definition) is 4. The Morgan fingerprint density at radius 1 is 1.10 bits per heavy atom. The van der Waals surface area contributed by atoms with Crippen LogP contribution >= 0.6 is 22.9 Å². The fourth-order valence-corrected chi connectivity index (χ4v) is 4.49. The lowest BCUT2D eigenvalue weighted by molar-refractivity contribution is -0.115. The maximum atomic E-state index is 12.5. The first-order chi connectivity index (χ1) is 14.9. The Hall–Kier alpha value is -2.96. The summed E-state index contributed by atoms with van der Waals surface area (Å²) >= 11 is 7.62. The van der Waals surface area contributed by atoms with Gasteiger partial charge in [0.15, 0.2) is 0 Å². The summed E-state index contributed by atoms with van der Waals surface area (Å²) in [5, 5.41) is 10.9. The first-order valence-electron chi connectivity index (χ1n) is 10.0. The van der Waals surface area contributed by atoms with Gasteiger partial charge in [-0.25, -0.2) is 9.67 Å². The number of anilines is 1. The Balaban J connectivity index is 1.49. The zero-order valence-electron chi connectivity index (χ0n) is 17.6. The smallest absolute Gasteiger partial charge is 0.230 e. The van der Waals surface area contributed by atoms with Crippen molar-refractivity contribution in [2.45, 2.75) is 33.6 Å². The topological polar surface area (TPSA) is 59.8 Å². The number of carbonyl (C=O) groups is 1. The zero-order valence-corrected chi connectivity index (χ0v) is 19.2. The standard InChI is InChI=1S/C24H23ClN4OS/c1-15-21(25)10-7-11-22(15)27-23(30)13-19-14-31-24(26-19)29-17(3)20(16(2)28-29)12-18-8-5-4-6-9-18/h4-11,14H,12-13H2,1-3H3,(H,27,30). The fourth-order valence-electron chi connectivity index (χ4n) is 3.49. The molecule has 2 aromatic heterocycles. The first-order valence-corrected chi connectivity index (χ1v) is 11.3. The van der Waals surface area contributed by atoms with Crippen molar-refractivity contribution in [1.82, 2.24) is 14.8 Å². The van der Waals surface area contributed by atoms with Crippen LogP contribution in [0.25, 0.3) is 5.13 Å². The molecule has 0 aliphatic carbocycles. The average molecular weight is 451 g/mol. The molecule has 0 aliphatic rings. The van der Waals surface area contributed by atoms with Gasteiger partial charge < -0.3 is 5.32 Å². The normalized spacial score (nSPS) is 11.0. The van der Waals surface area contributed by atoms with Crippen LogP contribution in [0.3, 0.4) is 0 Å². The molecule has 0 saturated heterocycles. The van der Waals surface area contributed by atoms with Crippen molar-refractivity contribution in [1.29, 1.82) is 0 Å². The number of aromatic nitrogens is 3. The van der Waals surface area contributed by atoms with E-state index in [-0.39, 0.29) is 12.3 Å². The number of rotatable bonds is 6. The second-order valence-corrected chi connectivity index (χ2v) is 8.73. The summed E-state index contributed by atoms with van der Waals surface area (Å²) in [6, 6.07) is 15.8. The van der Waals surface area contributed by atoms with Crippen LogP contribution in [-0.4, -0.2) is 20.7 Å². The zero-order chi connectivity index (χ0) is 22.0. The Morgan fingerprint density at radius 2 is 1.87 bits per heavy atom. The van der Waals surface area contributed by atoms with E-state index in [2.05, 4.69) is 29.4 Å². The van der Waals surface area contributed by atoms with Gasteiger partial charge in [-0.05, 0) is 44.0 Å². The van der Waals surface area contributed by atoms with Gasteiger partial charge in [0, 0.05) is 33.8 Å². The van der Waals surface area contributed by atoms with E-state index in [0.29, 0.717) is 10.7 Å². The third kappa shape index (κ3) is 4.70. The lowest BCUT2D eigenvalue weighted by atomic mass is 10.0. The summed E-state index contributed by atoms with van der Waals surface area (Å²) < 4.78 is 1.88. The SMILES string of the molecule is Cc1nn(-c2nc(CC(=O)Nc3cccc(Cl)c3C)cs2)c(C)c1Cc1ccccc1. The van der Waals surface area contributed by atoms with Crippen molar-refractivity contribution < 1.29 is 4.79 Å². The lowest BCUT2D eigenvalue weighted by Gasteiger charge is -2.08. The van der Waals surface area contributed by atoms with E-state index >= 15 is 0 Å². The summed E-state index contributed by atoms with van der Waals surface area (Å²) in [7, 11) is 0. The molecule has 0 aliphatic heterocycles. The van der Waals surface area contributed by atoms with E-state index in [1.54, 1.807) is 6.07 Å². The molecule has 1 N–H and O–H groups in total. The summed E-state index contributed by atoms with van der Waals surface area (Å²) in [6.45, 7) is 5.97. The predicted octanol–water partition coefficient (Wildman–Crippen LogP) is 5.68. The number of benzene rings is 2. The van der Waals surface area contributed by atoms with Crippen LogP contribution in [0.2, 0.25) is 5.02 Å². The summed E-state index contributed by atoms with van der Waals surface area (Å²) in [5.41, 5.74) is 6.81. The Kier molecular flexibility index (Phi) is 6.20. The molecular formula is C24H23ClN4OS. The van der Waals surface area contributed by atoms with Gasteiger partial charge in [0.05, 0.1) is 17.8 Å². The van der Waals surface area contributed by atoms with Crippen molar-refractivity contribution >= 4 is 34.5 Å². The van der Waals surface area contributed by atoms with Crippen molar-refractivity contribution in [2.75, 3.05) is 5.32 Å². The summed E-state index contributed by atoms with van der Waals surface area (Å²) in [5.74, 6) is -0.125. The minimum absolute atomic E-state index is 0.125. The molecule has 0 unspecified atom stereocenters. The molecule has 7 heteroatoms. The van der Waals surface area contributed by atoms with Gasteiger partial charge in [0.1, 0.15) is 0 Å². The van der Waals surface area contributed by atoms with Crippen LogP contribution in [-0.2, 0) is 17.6 Å². The highest BCUT2D eigenvalue weighted by atomic mass is 35.5. The third-order valence-corrected chi connectivity index (χ3v) is 6.54. The van der Waals surface area contributed by atoms with Gasteiger partial charge >= 0.3 is 0 Å². The fraction of sp³-hybridized carbons (Fsp3) is 0.208. The van der Waals surface area contributed by atoms with Crippen LogP contribution in [0, 0.1) is 20.8 Å². The van der Waals surface area contributed by atoms with Crippen molar-refractivity contribution in [3.8, 4) is 5.13 Å². The van der Waals surface area contributed by atoms with Crippen LogP contribution < -0.4 is 5.32 Å². The van der Waals surface area contributed by atoms with Gasteiger partial charge in [0.2, 0.25) is 11.0 Å². The van der Waals surface area contributed by atoms with Gasteiger partial charge in [-0.3, -0.25) is 4.79 Å². The maximum absolute atomic E-state index is 12.5. The van der Waals surface area contributed by atoms with Gasteiger partial charge in [-0.2, -0.15) is 5.10 Å². The number of hydrogen-bond donors (Lipinski definition) is 1. The molecule has 1 amide bonds. The second kappa shape index (κ2) is 9.04. The minimum atomic E-state index is -0.125. The van der Waals surface area contributed by atoms with E-state index in [0.717, 1.165) is 34.2 Å². The lowest BCUT2D eigenvalue weighted by Crippen LogP contribution is -2.15. The number of amides is 1. The molecule has 2 aromatic carbocycles. The Morgan fingerprint density at radius 3 is 2.65 bits per heavy atom. The van der Waals surface area contributed by atoms with Crippen molar-refractivity contribution in [3.63, 3.8) is 0 Å². The molecule has 0 bridgehead atoms. The molecule has 0 atom stereocenters. The predicted molar refractivity (Wildman–Crippen MR) is 126 cm³/mol. The highest BCUT2D eigenvalue weighted by Gasteiger charge is 2.17. The van der Waals surface area contributed by atoms with E-state index < -0.39 is 0 Å². The quantitative estimate of drug-likeness (QED) is 0.411. The Bertz CT molecular complexity index is 1230. The number of thiazole rings is 1. The molecule has 31 heavy (non-hydrogen) atoms. The largest absolute Gasteiger partial charge is 0.325 e. The van der Waals surface area contributed by atoms with Crippen LogP contribution in [0.15, 0.2) is 53.9 Å². The molecular weight excluding hydrogens is 428 g/mol. The number of nitrogens with one attached hydrogen (secondary N) is 1. The van der Waals surface area contributed by atoms with Crippen LogP contribution in [0.1, 0.15) is 33.8 Å². The first kappa shape index (κ1) is 21.3. The van der Waals surface area contributed by atoms with Gasteiger partial charge in [-0.15, -0.1) is 11.3 Å². The number of halogens is 1. The molecule has 4 aromatic rings. The van der Waals surface area contributed by atoms with Crippen LogP contribution in [0.5, 0.6) is 0 Å². The summed E-state index contributed by atoms with van der Waals surface area (Å²) in [6.07, 6.45) is 1.02. The molecule has 5 nitrogen and oxygen atoms in total. The number of aryl methyl sites for hydroxylation is 1. The molecule has 2 heterocycles. The highest BCUT2D eigenvalue weighted by Crippen LogP contribution is 2.25. The van der Waals surface area contributed by atoms with Gasteiger partial charge in [-0.1, -0.05) is 48.0 Å². The Labute approximate surface area is 190 Å². The molecule has 158 valence electrons. The molecule has 4 rings (SSSR count). The minimum Gasteiger partial charge on any atom is -0.325 e. The number of nitrogens with zero attached hydrogens (tertiary/aromatic N) is 3. The number of carbonyl (C=O) groups excluding carboxylic acids is 1. The molecule has 0 radical (unpaired) electrons. The maximum Gasteiger partial charge on any atom is 0.230 e. The van der Waals surface area contributed by atoms with E-state index in [9.17, 15) is 4.79 Å². The molecule has 0 fully saturated rings. The van der Waals surface area contributed by atoms with E-state index in [1.807, 2.05) is 54.2 Å². The third-order valence-electron chi connectivity index (χ3n) is 5.27. The molecule has 0 saturated carbocycles. The van der Waals surface area contributed by atoms with Crippen LogP contribution in [0.4, 0.5) is 5.69 Å². The van der Waals surface area contributed by atoms with E-state index in [1.165, 1.54) is 22.5 Å². The van der Waals surface area contributed by atoms with Crippen molar-refractivity contribution in [3.05, 3.63) is 92.7 Å². The second-order valence-electron chi connectivity index (χ2n) is 7.48. The van der Waals surface area contributed by atoms with E-state index in [4.69, 9.17) is 16.7 Å². The highest BCUT2D eigenvalue weighted by molar-refractivity contribution is 7.12. The van der Waals surface area contributed by atoms with Gasteiger partial charge in [0.25, 0.3) is 0 Å². The monoisotopic (exact) mass is 450 g/mol. The average Bonchev–Trinajstić information content (AvgIpc) is 3.31. The molecule has 0 spiro atoms. The van der Waals surface area contributed by atoms with Crippen molar-refractivity contribution in [2.24, 2.45) is 0 Å².